The maximum atomic E-state index is 14.7. The predicted molar refractivity (Wildman–Crippen MR) is 132 cm³/mol. The van der Waals surface area contributed by atoms with Crippen LogP contribution in [-0.2, 0) is 0 Å². The van der Waals surface area contributed by atoms with E-state index in [4.69, 9.17) is 10.5 Å². The third kappa shape index (κ3) is 4.75. The Labute approximate surface area is 209 Å². The van der Waals surface area contributed by atoms with E-state index in [0.717, 1.165) is 7.11 Å². The lowest BCUT2D eigenvalue weighted by Crippen LogP contribution is -2.19. The largest absolute Gasteiger partial charge is 0.493 e. The topological polar surface area (TPSA) is 119 Å². The Morgan fingerprint density at radius 1 is 1.03 bits per heavy atom. The van der Waals surface area contributed by atoms with Crippen molar-refractivity contribution in [3.05, 3.63) is 88.5 Å². The molecule has 0 unspecified atom stereocenters. The summed E-state index contributed by atoms with van der Waals surface area (Å²) >= 11 is 0. The van der Waals surface area contributed by atoms with Gasteiger partial charge in [-0.25, -0.2) is 18.7 Å². The number of rotatable bonds is 7. The highest BCUT2D eigenvalue weighted by Crippen LogP contribution is 2.31. The Kier molecular flexibility index (Phi) is 6.96. The van der Waals surface area contributed by atoms with Crippen LogP contribution in [0.4, 0.5) is 24.7 Å². The molecule has 0 aliphatic rings. The molecule has 4 rings (SSSR count). The number of halogens is 3. The number of fused-ring (bicyclic) bond motifs is 1. The highest BCUT2D eigenvalue weighted by atomic mass is 19.2. The molecule has 190 valence electrons. The van der Waals surface area contributed by atoms with Gasteiger partial charge in [-0.2, -0.15) is 4.39 Å². The van der Waals surface area contributed by atoms with Gasteiger partial charge in [0.2, 0.25) is 5.82 Å². The number of anilines is 2. The zero-order chi connectivity index (χ0) is 26.9. The second kappa shape index (κ2) is 10.1. The molecule has 0 fully saturated rings. The average molecular weight is 509 g/mol. The van der Waals surface area contributed by atoms with Gasteiger partial charge in [-0.15, -0.1) is 0 Å². The fraction of sp³-hybridized carbons (Fsp3) is 0.154. The summed E-state index contributed by atoms with van der Waals surface area (Å²) in [5.74, 6) is -6.24. The molecule has 3 aromatic carbocycles. The van der Waals surface area contributed by atoms with Crippen molar-refractivity contribution in [1.29, 1.82) is 0 Å². The Hall–Kier alpha value is -4.67. The maximum absolute atomic E-state index is 14.7. The van der Waals surface area contributed by atoms with Crippen molar-refractivity contribution in [3.63, 3.8) is 0 Å². The van der Waals surface area contributed by atoms with Crippen LogP contribution in [0.5, 0.6) is 5.75 Å². The second-order valence-corrected chi connectivity index (χ2v) is 8.21. The summed E-state index contributed by atoms with van der Waals surface area (Å²) < 4.78 is 48.2. The van der Waals surface area contributed by atoms with E-state index < -0.39 is 40.6 Å². The molecule has 0 radical (unpaired) electrons. The number of amides is 2. The summed E-state index contributed by atoms with van der Waals surface area (Å²) in [6.07, 6.45) is 1.31. The molecule has 0 aliphatic carbocycles. The van der Waals surface area contributed by atoms with Crippen molar-refractivity contribution >= 4 is 34.2 Å². The van der Waals surface area contributed by atoms with Crippen molar-refractivity contribution in [2.75, 3.05) is 17.7 Å². The van der Waals surface area contributed by atoms with Gasteiger partial charge in [0.1, 0.15) is 23.5 Å². The summed E-state index contributed by atoms with van der Waals surface area (Å²) in [4.78, 5) is 32.9. The van der Waals surface area contributed by atoms with Gasteiger partial charge in [0.15, 0.2) is 11.6 Å². The van der Waals surface area contributed by atoms with Crippen LogP contribution in [0.3, 0.4) is 0 Å². The zero-order valence-corrected chi connectivity index (χ0v) is 20.0. The minimum absolute atomic E-state index is 0.229. The van der Waals surface area contributed by atoms with E-state index in [1.54, 1.807) is 36.4 Å². The van der Waals surface area contributed by atoms with Gasteiger partial charge in [-0.3, -0.25) is 9.59 Å². The fourth-order valence-electron chi connectivity index (χ4n) is 3.97. The van der Waals surface area contributed by atoms with Gasteiger partial charge >= 0.3 is 0 Å². The SMILES string of the molecule is COc1c(C)c(F)c(C(=O)Nc2cccc([C@@H](C)Nc3ncnc4c(C(N)=O)cccc34)c2)c(F)c1F. The molecular formula is C26H22F3N5O3. The molecule has 1 atom stereocenters. The maximum Gasteiger partial charge on any atom is 0.261 e. The predicted octanol–water partition coefficient (Wildman–Crippen LogP) is 4.89. The van der Waals surface area contributed by atoms with E-state index in [9.17, 15) is 22.8 Å². The Balaban J connectivity index is 1.60. The number of aromatic nitrogens is 2. The summed E-state index contributed by atoms with van der Waals surface area (Å²) in [7, 11) is 1.08. The number of hydrogen-bond acceptors (Lipinski definition) is 6. The molecule has 0 bridgehead atoms. The number of primary amides is 1. The van der Waals surface area contributed by atoms with Crippen LogP contribution in [-0.4, -0.2) is 28.9 Å². The van der Waals surface area contributed by atoms with Crippen LogP contribution >= 0.6 is 0 Å². The number of carbonyl (C=O) groups is 2. The molecule has 11 heteroatoms. The molecule has 0 saturated carbocycles. The third-order valence-corrected chi connectivity index (χ3v) is 5.86. The molecule has 1 aromatic heterocycles. The second-order valence-electron chi connectivity index (χ2n) is 8.21. The summed E-state index contributed by atoms with van der Waals surface area (Å²) in [6, 6.07) is 11.1. The van der Waals surface area contributed by atoms with Crippen molar-refractivity contribution < 1.29 is 27.5 Å². The minimum atomic E-state index is -1.64. The first-order chi connectivity index (χ1) is 17.6. The minimum Gasteiger partial charge on any atom is -0.493 e. The molecule has 0 aliphatic heterocycles. The number of nitrogens with one attached hydrogen (secondary N) is 2. The van der Waals surface area contributed by atoms with Crippen LogP contribution in [0.15, 0.2) is 48.8 Å². The fourth-order valence-corrected chi connectivity index (χ4v) is 3.97. The quantitative estimate of drug-likeness (QED) is 0.305. The monoisotopic (exact) mass is 509 g/mol. The summed E-state index contributed by atoms with van der Waals surface area (Å²) in [5.41, 5.74) is 5.63. The molecule has 4 N–H and O–H groups in total. The van der Waals surface area contributed by atoms with Crippen LogP contribution in [0.2, 0.25) is 0 Å². The molecule has 4 aromatic rings. The van der Waals surface area contributed by atoms with Gasteiger partial charge in [0, 0.05) is 16.6 Å². The molecule has 8 nitrogen and oxygen atoms in total. The van der Waals surface area contributed by atoms with Crippen molar-refractivity contribution in [2.24, 2.45) is 5.73 Å². The molecular weight excluding hydrogens is 487 g/mol. The normalized spacial score (nSPS) is 11.7. The number of para-hydroxylation sites is 1. The molecule has 37 heavy (non-hydrogen) atoms. The summed E-state index contributed by atoms with van der Waals surface area (Å²) in [5, 5.41) is 6.22. The van der Waals surface area contributed by atoms with E-state index in [1.807, 2.05) is 6.92 Å². The van der Waals surface area contributed by atoms with Crippen LogP contribution in [0.1, 0.15) is 44.8 Å². The van der Waals surface area contributed by atoms with Crippen LogP contribution in [0.25, 0.3) is 10.9 Å². The molecule has 2 amide bonds. The molecule has 0 spiro atoms. The smallest absolute Gasteiger partial charge is 0.261 e. The van der Waals surface area contributed by atoms with Gasteiger partial charge < -0.3 is 21.1 Å². The molecule has 0 saturated heterocycles. The number of nitrogens with two attached hydrogens (primary N) is 1. The van der Waals surface area contributed by atoms with E-state index in [1.165, 1.54) is 19.3 Å². The number of methoxy groups -OCH3 is 1. The first-order valence-electron chi connectivity index (χ1n) is 11.1. The lowest BCUT2D eigenvalue weighted by atomic mass is 10.1. The van der Waals surface area contributed by atoms with E-state index in [2.05, 4.69) is 20.6 Å². The Morgan fingerprint density at radius 2 is 1.76 bits per heavy atom. The number of nitrogens with zero attached hydrogens (tertiary/aromatic N) is 2. The van der Waals surface area contributed by atoms with Crippen molar-refractivity contribution in [1.82, 2.24) is 9.97 Å². The lowest BCUT2D eigenvalue weighted by molar-refractivity contribution is 0.0997. The van der Waals surface area contributed by atoms with Gasteiger partial charge in [-0.1, -0.05) is 18.2 Å². The zero-order valence-electron chi connectivity index (χ0n) is 20.0. The van der Waals surface area contributed by atoms with E-state index >= 15 is 0 Å². The Bertz CT molecular complexity index is 1510. The first-order valence-corrected chi connectivity index (χ1v) is 11.1. The van der Waals surface area contributed by atoms with E-state index in [-0.39, 0.29) is 22.9 Å². The van der Waals surface area contributed by atoms with Crippen LogP contribution in [0, 0.1) is 24.4 Å². The first kappa shape index (κ1) is 25.4. The third-order valence-electron chi connectivity index (χ3n) is 5.86. The van der Waals surface area contributed by atoms with Crippen molar-refractivity contribution in [3.8, 4) is 5.75 Å². The van der Waals surface area contributed by atoms with Gasteiger partial charge in [0.05, 0.1) is 24.2 Å². The average Bonchev–Trinajstić information content (AvgIpc) is 2.88. The Morgan fingerprint density at radius 3 is 2.46 bits per heavy atom. The van der Waals surface area contributed by atoms with Gasteiger partial charge in [-0.05, 0) is 43.7 Å². The summed E-state index contributed by atoms with van der Waals surface area (Å²) in [6.45, 7) is 3.01. The highest BCUT2D eigenvalue weighted by Gasteiger charge is 2.28. The van der Waals surface area contributed by atoms with E-state index in [0.29, 0.717) is 22.3 Å². The van der Waals surface area contributed by atoms with Crippen LogP contribution < -0.4 is 21.1 Å². The number of ether oxygens (including phenoxy) is 1. The highest BCUT2D eigenvalue weighted by molar-refractivity contribution is 6.07. The lowest BCUT2D eigenvalue weighted by Gasteiger charge is -2.18. The van der Waals surface area contributed by atoms with Gasteiger partial charge in [0.25, 0.3) is 11.8 Å². The number of hydrogen-bond donors (Lipinski definition) is 3. The number of carbonyl (C=O) groups excluding carboxylic acids is 2. The standard InChI is InChI=1S/C26H22F3N5O3/c1-12-19(27)18(20(28)21(29)23(12)37-3)26(36)34-15-7-4-6-14(10-15)13(2)33-25-17-9-5-8-16(24(30)35)22(17)31-11-32-25/h4-11,13H,1-3H3,(H2,30,35)(H,34,36)(H,31,32,33)/t13-/m1/s1. The number of benzene rings is 3. The van der Waals surface area contributed by atoms with Crippen molar-refractivity contribution in [2.45, 2.75) is 19.9 Å². The molecule has 1 heterocycles.